The molecule has 0 radical (unpaired) electrons. The molecule has 25 heavy (non-hydrogen) atoms. The standard InChI is InChI=1S/C22H17NOSe/c1-22(16-10-4-2-5-11-16)20(24)18-14-8-9-15-19(18)23-21(22)25-17-12-6-3-7-13-17/h2-15H,1H3. The Hall–Kier alpha value is -2.48. The predicted octanol–water partition coefficient (Wildman–Crippen LogP) is 3.90. The van der Waals surface area contributed by atoms with Crippen LogP contribution < -0.4 is 4.46 Å². The number of fused-ring (bicyclic) bond motifs is 1. The van der Waals surface area contributed by atoms with Gasteiger partial charge in [0.05, 0.1) is 0 Å². The van der Waals surface area contributed by atoms with Crippen molar-refractivity contribution in [2.75, 3.05) is 0 Å². The van der Waals surface area contributed by atoms with Gasteiger partial charge in [-0.25, -0.2) is 0 Å². The minimum absolute atomic E-state index is 0.0188. The van der Waals surface area contributed by atoms with E-state index in [0.717, 1.165) is 15.9 Å². The van der Waals surface area contributed by atoms with E-state index in [-0.39, 0.29) is 20.7 Å². The van der Waals surface area contributed by atoms with Crippen LogP contribution in [0, 0.1) is 0 Å². The van der Waals surface area contributed by atoms with Crippen molar-refractivity contribution in [3.63, 3.8) is 0 Å². The molecule has 1 aliphatic rings. The number of nitrogens with zero attached hydrogens (tertiary/aromatic N) is 1. The summed E-state index contributed by atoms with van der Waals surface area (Å²) in [5.74, 6) is 0.136. The second-order valence-electron chi connectivity index (χ2n) is 6.17. The van der Waals surface area contributed by atoms with E-state index >= 15 is 0 Å². The van der Waals surface area contributed by atoms with E-state index in [1.165, 1.54) is 4.46 Å². The third-order valence-corrected chi connectivity index (χ3v) is 7.08. The molecule has 0 spiro atoms. The Morgan fingerprint density at radius 2 is 1.40 bits per heavy atom. The normalized spacial score (nSPS) is 19.2. The van der Waals surface area contributed by atoms with E-state index < -0.39 is 5.41 Å². The van der Waals surface area contributed by atoms with Gasteiger partial charge in [-0.2, -0.15) is 0 Å². The molecule has 3 heteroatoms. The number of carbonyl (C=O) groups is 1. The molecule has 0 aliphatic carbocycles. The van der Waals surface area contributed by atoms with Crippen LogP contribution >= 0.6 is 0 Å². The first-order valence-electron chi connectivity index (χ1n) is 8.21. The Kier molecular flexibility index (Phi) is 4.12. The first kappa shape index (κ1) is 16.0. The summed E-state index contributed by atoms with van der Waals surface area (Å²) in [5, 5.41) is 0. The quantitative estimate of drug-likeness (QED) is 0.624. The van der Waals surface area contributed by atoms with Crippen molar-refractivity contribution in [3.8, 4) is 0 Å². The monoisotopic (exact) mass is 391 g/mol. The summed E-state index contributed by atoms with van der Waals surface area (Å²) in [7, 11) is 0. The van der Waals surface area contributed by atoms with E-state index in [9.17, 15) is 4.79 Å². The van der Waals surface area contributed by atoms with Gasteiger partial charge in [-0.15, -0.1) is 0 Å². The molecule has 0 saturated heterocycles. The number of Topliss-reactive ketones (excluding diaryl/α,β-unsaturated/α-hetero) is 1. The Morgan fingerprint density at radius 3 is 2.12 bits per heavy atom. The van der Waals surface area contributed by atoms with Crippen LogP contribution in [0.5, 0.6) is 0 Å². The molecule has 1 aliphatic heterocycles. The SMILES string of the molecule is CC1(c2ccccc2)C(=O)c2ccccc2N=C1[Se]c1ccccc1. The number of carbonyl (C=O) groups excluding carboxylic acids is 1. The van der Waals surface area contributed by atoms with Gasteiger partial charge in [-0.05, 0) is 0 Å². The Labute approximate surface area is 153 Å². The zero-order valence-corrected chi connectivity index (χ0v) is 15.6. The van der Waals surface area contributed by atoms with E-state index in [1.54, 1.807) is 0 Å². The number of hydrogen-bond acceptors (Lipinski definition) is 2. The van der Waals surface area contributed by atoms with Gasteiger partial charge >= 0.3 is 154 Å². The molecule has 0 amide bonds. The molecule has 4 rings (SSSR count). The van der Waals surface area contributed by atoms with E-state index in [0.29, 0.717) is 5.56 Å². The van der Waals surface area contributed by atoms with E-state index in [4.69, 9.17) is 4.99 Å². The molecule has 0 N–H and O–H groups in total. The maximum absolute atomic E-state index is 13.5. The number of rotatable bonds is 3. The fraction of sp³-hybridized carbons (Fsp3) is 0.0909. The molecule has 1 atom stereocenters. The topological polar surface area (TPSA) is 29.4 Å². The summed E-state index contributed by atoms with van der Waals surface area (Å²) in [6.45, 7) is 2.02. The minimum atomic E-state index is -0.717. The zero-order valence-electron chi connectivity index (χ0n) is 13.8. The van der Waals surface area contributed by atoms with Gasteiger partial charge in [0.15, 0.2) is 0 Å². The van der Waals surface area contributed by atoms with Crippen LogP contribution in [0.1, 0.15) is 22.8 Å². The number of ketones is 1. The number of benzene rings is 3. The van der Waals surface area contributed by atoms with Crippen molar-refractivity contribution >= 4 is 35.5 Å². The van der Waals surface area contributed by atoms with Crippen LogP contribution in [0.4, 0.5) is 5.69 Å². The molecule has 0 saturated carbocycles. The number of para-hydroxylation sites is 1. The molecule has 0 aromatic heterocycles. The molecule has 0 bridgehead atoms. The fourth-order valence-corrected chi connectivity index (χ4v) is 5.36. The van der Waals surface area contributed by atoms with Crippen LogP contribution in [0.25, 0.3) is 0 Å². The number of aliphatic imine (C=N–C) groups is 1. The van der Waals surface area contributed by atoms with Crippen molar-refractivity contribution in [1.82, 2.24) is 0 Å². The predicted molar refractivity (Wildman–Crippen MR) is 103 cm³/mol. The van der Waals surface area contributed by atoms with Gasteiger partial charge in [0, 0.05) is 0 Å². The van der Waals surface area contributed by atoms with Crippen molar-refractivity contribution < 1.29 is 4.79 Å². The van der Waals surface area contributed by atoms with Gasteiger partial charge < -0.3 is 0 Å². The molecule has 1 unspecified atom stereocenters. The molecular weight excluding hydrogens is 373 g/mol. The molecule has 122 valence electrons. The third-order valence-electron chi connectivity index (χ3n) is 4.56. The molecular formula is C22H17NOSe. The van der Waals surface area contributed by atoms with Gasteiger partial charge in [0.1, 0.15) is 0 Å². The Balaban J connectivity index is 1.90. The summed E-state index contributed by atoms with van der Waals surface area (Å²) in [4.78, 5) is 18.4. The first-order valence-corrected chi connectivity index (χ1v) is 9.92. The first-order chi connectivity index (χ1) is 12.2. The van der Waals surface area contributed by atoms with Gasteiger partial charge in [0.2, 0.25) is 0 Å². The average molecular weight is 390 g/mol. The van der Waals surface area contributed by atoms with Gasteiger partial charge in [-0.1, -0.05) is 0 Å². The van der Waals surface area contributed by atoms with Crippen molar-refractivity contribution in [1.29, 1.82) is 0 Å². The summed E-state index contributed by atoms with van der Waals surface area (Å²) in [6.07, 6.45) is 0. The van der Waals surface area contributed by atoms with Crippen molar-refractivity contribution in [2.24, 2.45) is 4.99 Å². The Morgan fingerprint density at radius 1 is 0.800 bits per heavy atom. The van der Waals surface area contributed by atoms with E-state index in [2.05, 4.69) is 12.1 Å². The van der Waals surface area contributed by atoms with Crippen molar-refractivity contribution in [2.45, 2.75) is 12.3 Å². The summed E-state index contributed by atoms with van der Waals surface area (Å²) >= 11 is -0.0188. The second-order valence-corrected chi connectivity index (χ2v) is 8.40. The molecule has 2 nitrogen and oxygen atoms in total. The van der Waals surface area contributed by atoms with Gasteiger partial charge in [-0.3, -0.25) is 0 Å². The maximum atomic E-state index is 13.5. The van der Waals surface area contributed by atoms with Crippen LogP contribution in [0.15, 0.2) is 89.9 Å². The van der Waals surface area contributed by atoms with Gasteiger partial charge in [0.25, 0.3) is 0 Å². The molecule has 3 aromatic carbocycles. The van der Waals surface area contributed by atoms with Crippen LogP contribution in [0.3, 0.4) is 0 Å². The van der Waals surface area contributed by atoms with Crippen molar-refractivity contribution in [3.05, 3.63) is 96.1 Å². The number of hydrogen-bond donors (Lipinski definition) is 0. The van der Waals surface area contributed by atoms with Crippen LogP contribution in [-0.2, 0) is 5.41 Å². The molecule has 0 fully saturated rings. The average Bonchev–Trinajstić information content (AvgIpc) is 2.67. The van der Waals surface area contributed by atoms with Crippen LogP contribution in [0.2, 0.25) is 0 Å². The second kappa shape index (κ2) is 6.44. The van der Waals surface area contributed by atoms with Crippen LogP contribution in [-0.4, -0.2) is 25.4 Å². The summed E-state index contributed by atoms with van der Waals surface area (Å²) in [6, 6.07) is 28.0. The molecule has 3 aromatic rings. The third kappa shape index (κ3) is 2.76. The fourth-order valence-electron chi connectivity index (χ4n) is 3.10. The summed E-state index contributed by atoms with van der Waals surface area (Å²) in [5.41, 5.74) is 1.78. The Bertz CT molecular complexity index is 950. The molecule has 1 heterocycles. The summed E-state index contributed by atoms with van der Waals surface area (Å²) < 4.78 is 2.18. The van der Waals surface area contributed by atoms with E-state index in [1.807, 2.05) is 79.7 Å². The zero-order chi connectivity index (χ0) is 17.3.